The van der Waals surface area contributed by atoms with E-state index < -0.39 is 0 Å². The number of amides is 1. The van der Waals surface area contributed by atoms with Crippen molar-refractivity contribution in [1.82, 2.24) is 10.3 Å². The molecule has 1 saturated heterocycles. The molecule has 5 nitrogen and oxygen atoms in total. The van der Waals surface area contributed by atoms with E-state index in [9.17, 15) is 4.79 Å². The van der Waals surface area contributed by atoms with Crippen LogP contribution in [0.1, 0.15) is 18.4 Å². The van der Waals surface area contributed by atoms with Crippen LogP contribution in [0, 0.1) is 5.92 Å². The van der Waals surface area contributed by atoms with Gasteiger partial charge in [-0.3, -0.25) is 9.78 Å². The number of ether oxygens (including phenoxy) is 1. The summed E-state index contributed by atoms with van der Waals surface area (Å²) in [7, 11) is 0. The van der Waals surface area contributed by atoms with Crippen LogP contribution in [0.25, 0.3) is 0 Å². The maximum absolute atomic E-state index is 12.3. The summed E-state index contributed by atoms with van der Waals surface area (Å²) in [5.41, 5.74) is 1.66. The first-order valence-corrected chi connectivity index (χ1v) is 8.43. The summed E-state index contributed by atoms with van der Waals surface area (Å²) in [6.45, 7) is 2.17. The van der Waals surface area contributed by atoms with Crippen LogP contribution < -0.4 is 15.4 Å². The van der Waals surface area contributed by atoms with Gasteiger partial charge in [-0.1, -0.05) is 17.7 Å². The largest absolute Gasteiger partial charge is 0.487 e. The Bertz CT molecular complexity index is 695. The van der Waals surface area contributed by atoms with Gasteiger partial charge in [-0.25, -0.2) is 0 Å². The van der Waals surface area contributed by atoms with Crippen LogP contribution in [-0.2, 0) is 11.4 Å². The standard InChI is InChI=1S/C18H20ClN3O2.2ClH/c19-16-10-15(22-18(23)14-5-8-20-9-6-14)3-4-17(16)24-12-13-2-1-7-21-11-13;;/h1-4,7,10-11,14,20H,5-6,8-9,12H2,(H,22,23);2*1H. The second kappa shape index (κ2) is 11.2. The average Bonchev–Trinajstić information content (AvgIpc) is 2.62. The Morgan fingerprint density at radius 1 is 1.27 bits per heavy atom. The van der Waals surface area contributed by atoms with Gasteiger partial charge in [0.1, 0.15) is 12.4 Å². The molecule has 1 fully saturated rings. The molecular weight excluding hydrogens is 397 g/mol. The highest BCUT2D eigenvalue weighted by Crippen LogP contribution is 2.29. The molecule has 1 aromatic carbocycles. The number of halogens is 3. The van der Waals surface area contributed by atoms with Crippen molar-refractivity contribution in [3.63, 3.8) is 0 Å². The quantitative estimate of drug-likeness (QED) is 0.767. The van der Waals surface area contributed by atoms with Crippen molar-refractivity contribution >= 4 is 48.0 Å². The Balaban J connectivity index is 0.00000169. The second-order valence-electron chi connectivity index (χ2n) is 5.81. The zero-order valence-corrected chi connectivity index (χ0v) is 16.5. The van der Waals surface area contributed by atoms with Gasteiger partial charge in [-0.15, -0.1) is 24.8 Å². The van der Waals surface area contributed by atoms with Gasteiger partial charge >= 0.3 is 0 Å². The normalized spacial score (nSPS) is 13.9. The third-order valence-electron chi connectivity index (χ3n) is 4.03. The molecule has 8 heteroatoms. The highest BCUT2D eigenvalue weighted by atomic mass is 35.5. The Labute approximate surface area is 170 Å². The minimum absolute atomic E-state index is 0. The third-order valence-corrected chi connectivity index (χ3v) is 4.32. The first kappa shape index (κ1) is 22.5. The molecule has 2 heterocycles. The maximum Gasteiger partial charge on any atom is 0.227 e. The highest BCUT2D eigenvalue weighted by Gasteiger charge is 2.21. The number of nitrogens with zero attached hydrogens (tertiary/aromatic N) is 1. The number of hydrogen-bond acceptors (Lipinski definition) is 4. The fourth-order valence-electron chi connectivity index (χ4n) is 2.67. The molecule has 0 unspecified atom stereocenters. The van der Waals surface area contributed by atoms with Crippen LogP contribution in [0.5, 0.6) is 5.75 Å². The van der Waals surface area contributed by atoms with Crippen molar-refractivity contribution in [1.29, 1.82) is 0 Å². The lowest BCUT2D eigenvalue weighted by Crippen LogP contribution is -2.34. The SMILES string of the molecule is Cl.Cl.O=C(Nc1ccc(OCc2cccnc2)c(Cl)c1)C1CCNCC1. The Kier molecular flexibility index (Phi) is 9.73. The first-order valence-electron chi connectivity index (χ1n) is 8.05. The monoisotopic (exact) mass is 417 g/mol. The number of pyridine rings is 1. The smallest absolute Gasteiger partial charge is 0.227 e. The Hall–Kier alpha value is -1.53. The van der Waals surface area contributed by atoms with Gasteiger partial charge < -0.3 is 15.4 Å². The number of hydrogen-bond donors (Lipinski definition) is 2. The second-order valence-corrected chi connectivity index (χ2v) is 6.22. The molecule has 0 saturated carbocycles. The van der Waals surface area contributed by atoms with E-state index in [1.54, 1.807) is 24.5 Å². The van der Waals surface area contributed by atoms with Gasteiger partial charge in [0.05, 0.1) is 5.02 Å². The van der Waals surface area contributed by atoms with E-state index in [4.69, 9.17) is 16.3 Å². The van der Waals surface area contributed by atoms with E-state index in [0.717, 1.165) is 31.5 Å². The molecule has 0 aliphatic carbocycles. The fourth-order valence-corrected chi connectivity index (χ4v) is 2.90. The van der Waals surface area contributed by atoms with E-state index in [2.05, 4.69) is 15.6 Å². The third kappa shape index (κ3) is 6.32. The van der Waals surface area contributed by atoms with Gasteiger partial charge in [-0.05, 0) is 50.2 Å². The van der Waals surface area contributed by atoms with Crippen molar-refractivity contribution in [3.05, 3.63) is 53.3 Å². The number of piperidine rings is 1. The molecule has 1 aliphatic rings. The lowest BCUT2D eigenvalue weighted by Gasteiger charge is -2.21. The first-order chi connectivity index (χ1) is 11.7. The van der Waals surface area contributed by atoms with Crippen LogP contribution in [-0.4, -0.2) is 24.0 Å². The summed E-state index contributed by atoms with van der Waals surface area (Å²) >= 11 is 6.26. The number of carbonyl (C=O) groups excluding carboxylic acids is 1. The van der Waals surface area contributed by atoms with Crippen LogP contribution in [0.2, 0.25) is 5.02 Å². The van der Waals surface area contributed by atoms with Crippen molar-refractivity contribution < 1.29 is 9.53 Å². The number of carbonyl (C=O) groups is 1. The number of nitrogens with one attached hydrogen (secondary N) is 2. The molecule has 142 valence electrons. The van der Waals surface area contributed by atoms with Gasteiger partial charge in [-0.2, -0.15) is 0 Å². The molecule has 1 aromatic heterocycles. The topological polar surface area (TPSA) is 63.2 Å². The van der Waals surface area contributed by atoms with Crippen LogP contribution in [0.3, 0.4) is 0 Å². The molecular formula is C18H22Cl3N3O2. The van der Waals surface area contributed by atoms with E-state index in [0.29, 0.717) is 23.1 Å². The summed E-state index contributed by atoms with van der Waals surface area (Å²) in [6.07, 6.45) is 5.20. The van der Waals surface area contributed by atoms with E-state index in [1.807, 2.05) is 18.2 Å². The molecule has 1 amide bonds. The predicted octanol–water partition coefficient (Wildman–Crippen LogP) is 4.10. The van der Waals surface area contributed by atoms with Gasteiger partial charge in [0, 0.05) is 29.6 Å². The summed E-state index contributed by atoms with van der Waals surface area (Å²) in [5.74, 6) is 0.698. The fraction of sp³-hybridized carbons (Fsp3) is 0.333. The van der Waals surface area contributed by atoms with E-state index in [-0.39, 0.29) is 36.6 Å². The average molecular weight is 419 g/mol. The van der Waals surface area contributed by atoms with Gasteiger partial charge in [0.25, 0.3) is 0 Å². The molecule has 0 atom stereocenters. The van der Waals surface area contributed by atoms with Crippen molar-refractivity contribution in [2.45, 2.75) is 19.4 Å². The Morgan fingerprint density at radius 3 is 2.69 bits per heavy atom. The summed E-state index contributed by atoms with van der Waals surface area (Å²) in [5, 5.41) is 6.67. The lowest BCUT2D eigenvalue weighted by molar-refractivity contribution is -0.120. The van der Waals surface area contributed by atoms with Crippen molar-refractivity contribution in [2.75, 3.05) is 18.4 Å². The van der Waals surface area contributed by atoms with E-state index in [1.165, 1.54) is 0 Å². The summed E-state index contributed by atoms with van der Waals surface area (Å²) < 4.78 is 5.71. The molecule has 2 aromatic rings. The molecule has 3 rings (SSSR count). The summed E-state index contributed by atoms with van der Waals surface area (Å²) in [4.78, 5) is 16.3. The minimum atomic E-state index is 0. The summed E-state index contributed by atoms with van der Waals surface area (Å²) in [6, 6.07) is 9.10. The van der Waals surface area contributed by atoms with Gasteiger partial charge in [0.2, 0.25) is 5.91 Å². The maximum atomic E-state index is 12.3. The zero-order chi connectivity index (χ0) is 16.8. The predicted molar refractivity (Wildman–Crippen MR) is 109 cm³/mol. The molecule has 0 bridgehead atoms. The molecule has 26 heavy (non-hydrogen) atoms. The number of rotatable bonds is 5. The Morgan fingerprint density at radius 2 is 2.04 bits per heavy atom. The molecule has 0 radical (unpaired) electrons. The van der Waals surface area contributed by atoms with Crippen LogP contribution >= 0.6 is 36.4 Å². The van der Waals surface area contributed by atoms with Crippen LogP contribution in [0.4, 0.5) is 5.69 Å². The number of anilines is 1. The highest BCUT2D eigenvalue weighted by molar-refractivity contribution is 6.32. The lowest BCUT2D eigenvalue weighted by atomic mass is 9.97. The number of benzene rings is 1. The number of aromatic nitrogens is 1. The van der Waals surface area contributed by atoms with Crippen molar-refractivity contribution in [2.24, 2.45) is 5.92 Å². The minimum Gasteiger partial charge on any atom is -0.487 e. The van der Waals surface area contributed by atoms with Crippen LogP contribution in [0.15, 0.2) is 42.7 Å². The van der Waals surface area contributed by atoms with Gasteiger partial charge in [0.15, 0.2) is 0 Å². The van der Waals surface area contributed by atoms with E-state index >= 15 is 0 Å². The zero-order valence-electron chi connectivity index (χ0n) is 14.1. The molecule has 2 N–H and O–H groups in total. The molecule has 0 spiro atoms. The molecule has 1 aliphatic heterocycles. The van der Waals surface area contributed by atoms with Crippen molar-refractivity contribution in [3.8, 4) is 5.75 Å².